The molecular formula is C21H31N3O2. The Morgan fingerprint density at radius 2 is 2.19 bits per heavy atom. The van der Waals surface area contributed by atoms with Gasteiger partial charge in [-0.3, -0.25) is 14.5 Å². The first kappa shape index (κ1) is 17.8. The summed E-state index contributed by atoms with van der Waals surface area (Å²) in [6.07, 6.45) is 3.57. The number of rotatable bonds is 5. The Morgan fingerprint density at radius 3 is 2.96 bits per heavy atom. The molecule has 0 spiro atoms. The van der Waals surface area contributed by atoms with E-state index in [2.05, 4.69) is 47.7 Å². The van der Waals surface area contributed by atoms with E-state index < -0.39 is 0 Å². The molecular weight excluding hydrogens is 326 g/mol. The molecule has 1 aromatic carbocycles. The van der Waals surface area contributed by atoms with Gasteiger partial charge in [-0.15, -0.1) is 0 Å². The van der Waals surface area contributed by atoms with Crippen LogP contribution in [0, 0.1) is 5.92 Å². The highest BCUT2D eigenvalue weighted by atomic mass is 16.6. The fourth-order valence-electron chi connectivity index (χ4n) is 5.51. The van der Waals surface area contributed by atoms with Crippen LogP contribution in [0.5, 0.6) is 0 Å². The molecule has 0 bridgehead atoms. The average Bonchev–Trinajstić information content (AvgIpc) is 2.93. The highest BCUT2D eigenvalue weighted by molar-refractivity contribution is 5.71. The van der Waals surface area contributed by atoms with E-state index in [0.29, 0.717) is 36.4 Å². The lowest BCUT2D eigenvalue weighted by molar-refractivity contribution is -0.133. The highest BCUT2D eigenvalue weighted by Gasteiger charge is 2.46. The molecule has 2 aliphatic heterocycles. The molecule has 0 saturated carbocycles. The number of likely N-dealkylation sites (tertiary alicyclic amines) is 1. The second kappa shape index (κ2) is 7.20. The summed E-state index contributed by atoms with van der Waals surface area (Å²) in [5.41, 5.74) is 6.96. The van der Waals surface area contributed by atoms with Crippen LogP contribution in [0.25, 0.3) is 0 Å². The molecule has 5 heteroatoms. The van der Waals surface area contributed by atoms with Gasteiger partial charge in [0.25, 0.3) is 0 Å². The molecule has 26 heavy (non-hydrogen) atoms. The number of hydrogen-bond acceptors (Lipinski definition) is 4. The van der Waals surface area contributed by atoms with E-state index in [1.807, 2.05) is 0 Å². The topological polar surface area (TPSA) is 53.6 Å². The smallest absolute Gasteiger partial charge is 0.240 e. The predicted octanol–water partition coefficient (Wildman–Crippen LogP) is 3.24. The third-order valence-electron chi connectivity index (χ3n) is 6.45. The minimum atomic E-state index is -0.134. The summed E-state index contributed by atoms with van der Waals surface area (Å²) in [6, 6.07) is 7.95. The van der Waals surface area contributed by atoms with Crippen molar-refractivity contribution in [2.45, 2.75) is 64.0 Å². The minimum absolute atomic E-state index is 0.134. The van der Waals surface area contributed by atoms with Gasteiger partial charge in [0, 0.05) is 43.1 Å². The molecule has 0 aromatic heterocycles. The standard InChI is InChI=1S/C21H31N3O2/c1-4-8-24-11-15(12-26-23-14(3)25)9-18-16-6-5-7-19-21(16)17(10-20(18)24)13(2)22-19/h5-7,13,15,17-18,20,22H,4,8-12H2,1-3H3,(H,23,25)/t13?,15-,17?,18?,20+/m0/s1. The number of amides is 1. The Balaban J connectivity index is 1.60. The summed E-state index contributed by atoms with van der Waals surface area (Å²) in [6.45, 7) is 8.88. The number of hydrogen-bond donors (Lipinski definition) is 2. The maximum atomic E-state index is 11.1. The van der Waals surface area contributed by atoms with E-state index in [1.54, 1.807) is 11.1 Å². The van der Waals surface area contributed by atoms with E-state index in [-0.39, 0.29) is 5.91 Å². The van der Waals surface area contributed by atoms with Crippen LogP contribution in [0.2, 0.25) is 0 Å². The summed E-state index contributed by atoms with van der Waals surface area (Å²) in [5, 5.41) is 3.70. The zero-order valence-corrected chi connectivity index (χ0v) is 16.1. The fourth-order valence-corrected chi connectivity index (χ4v) is 5.51. The van der Waals surface area contributed by atoms with E-state index >= 15 is 0 Å². The van der Waals surface area contributed by atoms with Crippen molar-refractivity contribution in [3.05, 3.63) is 29.3 Å². The van der Waals surface area contributed by atoms with Crippen LogP contribution in [0.4, 0.5) is 5.69 Å². The zero-order valence-electron chi connectivity index (χ0n) is 16.1. The monoisotopic (exact) mass is 357 g/mol. The number of nitrogens with zero attached hydrogens (tertiary/aromatic N) is 1. The summed E-state index contributed by atoms with van der Waals surface area (Å²) < 4.78 is 0. The van der Waals surface area contributed by atoms with Crippen molar-refractivity contribution in [2.75, 3.05) is 25.0 Å². The molecule has 142 valence electrons. The maximum absolute atomic E-state index is 11.1. The normalized spacial score (nSPS) is 32.5. The molecule has 5 atom stereocenters. The third kappa shape index (κ3) is 3.12. The lowest BCUT2D eigenvalue weighted by Gasteiger charge is -2.49. The molecule has 1 saturated heterocycles. The Bertz CT molecular complexity index is 677. The number of carbonyl (C=O) groups is 1. The van der Waals surface area contributed by atoms with Gasteiger partial charge in [0.1, 0.15) is 0 Å². The summed E-state index contributed by atoms with van der Waals surface area (Å²) in [7, 11) is 0. The van der Waals surface area contributed by atoms with Crippen molar-refractivity contribution < 1.29 is 9.63 Å². The molecule has 1 amide bonds. The summed E-state index contributed by atoms with van der Waals surface area (Å²) >= 11 is 0. The molecule has 2 heterocycles. The molecule has 4 rings (SSSR count). The fraction of sp³-hybridized carbons (Fsp3) is 0.667. The van der Waals surface area contributed by atoms with Gasteiger partial charge in [-0.25, -0.2) is 5.48 Å². The van der Waals surface area contributed by atoms with Gasteiger partial charge >= 0.3 is 0 Å². The van der Waals surface area contributed by atoms with Crippen LogP contribution in [0.15, 0.2) is 18.2 Å². The van der Waals surface area contributed by atoms with Crippen LogP contribution in [0.3, 0.4) is 0 Å². The van der Waals surface area contributed by atoms with Crippen molar-refractivity contribution in [1.82, 2.24) is 10.4 Å². The zero-order chi connectivity index (χ0) is 18.3. The lowest BCUT2D eigenvalue weighted by atomic mass is 9.67. The molecule has 0 radical (unpaired) electrons. The second-order valence-electron chi connectivity index (χ2n) is 8.32. The SMILES string of the molecule is CCCN1C[C@@H](CONC(C)=O)CC2c3cccc4c3C(C[C@H]21)C(C)N4. The Labute approximate surface area is 156 Å². The third-order valence-corrected chi connectivity index (χ3v) is 6.45. The summed E-state index contributed by atoms with van der Waals surface area (Å²) in [5.74, 6) is 1.52. The first-order valence-corrected chi connectivity index (χ1v) is 10.1. The van der Waals surface area contributed by atoms with Crippen molar-refractivity contribution in [2.24, 2.45) is 5.92 Å². The first-order chi connectivity index (χ1) is 12.6. The van der Waals surface area contributed by atoms with E-state index in [1.165, 1.54) is 25.5 Å². The second-order valence-corrected chi connectivity index (χ2v) is 8.32. The first-order valence-electron chi connectivity index (χ1n) is 10.1. The number of piperidine rings is 1. The highest BCUT2D eigenvalue weighted by Crippen LogP contribution is 2.52. The number of nitrogens with one attached hydrogen (secondary N) is 2. The van der Waals surface area contributed by atoms with Gasteiger partial charge in [0.15, 0.2) is 0 Å². The quantitative estimate of drug-likeness (QED) is 0.795. The Hall–Kier alpha value is -1.59. The van der Waals surface area contributed by atoms with Crippen LogP contribution in [-0.2, 0) is 9.63 Å². The molecule has 3 unspecified atom stereocenters. The lowest BCUT2D eigenvalue weighted by Crippen LogP contribution is -2.51. The van der Waals surface area contributed by atoms with Crippen LogP contribution < -0.4 is 10.8 Å². The van der Waals surface area contributed by atoms with E-state index in [4.69, 9.17) is 4.84 Å². The maximum Gasteiger partial charge on any atom is 0.240 e. The molecule has 1 aromatic rings. The van der Waals surface area contributed by atoms with E-state index in [9.17, 15) is 4.79 Å². The number of fused-ring (bicyclic) bond motifs is 2. The molecule has 1 aliphatic carbocycles. The average molecular weight is 357 g/mol. The van der Waals surface area contributed by atoms with Crippen molar-refractivity contribution in [3.63, 3.8) is 0 Å². The van der Waals surface area contributed by atoms with Crippen molar-refractivity contribution in [3.8, 4) is 0 Å². The minimum Gasteiger partial charge on any atom is -0.382 e. The predicted molar refractivity (Wildman–Crippen MR) is 103 cm³/mol. The number of hydroxylamine groups is 1. The summed E-state index contributed by atoms with van der Waals surface area (Å²) in [4.78, 5) is 19.3. The van der Waals surface area contributed by atoms with Gasteiger partial charge in [0.05, 0.1) is 6.61 Å². The van der Waals surface area contributed by atoms with Gasteiger partial charge in [-0.2, -0.15) is 0 Å². The molecule has 3 aliphatic rings. The number of benzene rings is 1. The molecule has 2 N–H and O–H groups in total. The molecule has 5 nitrogen and oxygen atoms in total. The number of carbonyl (C=O) groups excluding carboxylic acids is 1. The van der Waals surface area contributed by atoms with Gasteiger partial charge in [-0.1, -0.05) is 19.1 Å². The molecule has 1 fully saturated rings. The Morgan fingerprint density at radius 1 is 1.35 bits per heavy atom. The van der Waals surface area contributed by atoms with Crippen LogP contribution in [-0.4, -0.2) is 42.6 Å². The van der Waals surface area contributed by atoms with Gasteiger partial charge in [-0.05, 0) is 55.8 Å². The Kier molecular flexibility index (Phi) is 4.93. The van der Waals surface area contributed by atoms with E-state index in [0.717, 1.165) is 19.5 Å². The van der Waals surface area contributed by atoms with Crippen LogP contribution >= 0.6 is 0 Å². The number of anilines is 1. The van der Waals surface area contributed by atoms with Crippen molar-refractivity contribution in [1.29, 1.82) is 0 Å². The van der Waals surface area contributed by atoms with Gasteiger partial charge < -0.3 is 5.32 Å². The van der Waals surface area contributed by atoms with Crippen molar-refractivity contribution >= 4 is 11.6 Å². The van der Waals surface area contributed by atoms with Crippen LogP contribution in [0.1, 0.15) is 63.0 Å². The largest absolute Gasteiger partial charge is 0.382 e. The van der Waals surface area contributed by atoms with Gasteiger partial charge in [0.2, 0.25) is 5.91 Å².